The molecule has 2 aromatic rings. The lowest BCUT2D eigenvalue weighted by atomic mass is 9.66. The number of likely N-dealkylation sites (tertiary alicyclic amines) is 1. The zero-order chi connectivity index (χ0) is 28.7. The number of hydrogen-bond donors (Lipinski definition) is 1. The third-order valence-corrected chi connectivity index (χ3v) is 10.2. The van der Waals surface area contributed by atoms with E-state index in [1.165, 1.54) is 0 Å². The molecule has 0 radical (unpaired) electrons. The third kappa shape index (κ3) is 5.11. The molecular weight excluding hydrogens is 546 g/mol. The van der Waals surface area contributed by atoms with Crippen LogP contribution < -0.4 is 4.74 Å². The van der Waals surface area contributed by atoms with Crippen molar-refractivity contribution >= 4 is 29.4 Å². The number of carboxylic acids is 1. The van der Waals surface area contributed by atoms with E-state index in [9.17, 15) is 19.5 Å². The number of amides is 2. The Morgan fingerprint density at radius 1 is 1.10 bits per heavy atom. The molecule has 0 unspecified atom stereocenters. The van der Waals surface area contributed by atoms with E-state index in [2.05, 4.69) is 5.16 Å². The second kappa shape index (κ2) is 11.3. The molecule has 3 heterocycles. The number of aromatic nitrogens is 1. The average Bonchev–Trinajstić information content (AvgIpc) is 3.58. The zero-order valence-corrected chi connectivity index (χ0v) is 24.4. The highest BCUT2D eigenvalue weighted by Gasteiger charge is 2.50. The predicted octanol–water partition coefficient (Wildman–Crippen LogP) is 5.12. The van der Waals surface area contributed by atoms with Crippen molar-refractivity contribution in [1.82, 2.24) is 15.0 Å². The van der Waals surface area contributed by atoms with Gasteiger partial charge in [-0.2, -0.15) is 0 Å². The first-order valence-electron chi connectivity index (χ1n) is 15.0. The van der Waals surface area contributed by atoms with Gasteiger partial charge in [-0.05, 0) is 69.6 Å². The van der Waals surface area contributed by atoms with Crippen LogP contribution >= 0.6 is 11.6 Å². The van der Waals surface area contributed by atoms with Gasteiger partial charge in [0.15, 0.2) is 0 Å². The maximum absolute atomic E-state index is 14.3. The summed E-state index contributed by atoms with van der Waals surface area (Å²) in [5.74, 6) is -0.107. The Hall–Kier alpha value is -3.07. The number of carbonyl (C=O) groups excluding carboxylic acids is 2. The van der Waals surface area contributed by atoms with Crippen LogP contribution in [0.5, 0.6) is 5.75 Å². The summed E-state index contributed by atoms with van der Waals surface area (Å²) in [6.45, 7) is 3.30. The third-order valence-electron chi connectivity index (χ3n) is 9.81. The van der Waals surface area contributed by atoms with E-state index in [0.29, 0.717) is 56.1 Å². The average molecular weight is 584 g/mol. The molecule has 0 bridgehead atoms. The number of ether oxygens (including phenoxy) is 1. The van der Waals surface area contributed by atoms with E-state index in [1.54, 1.807) is 6.92 Å². The van der Waals surface area contributed by atoms with E-state index >= 15 is 0 Å². The minimum Gasteiger partial charge on any atom is -0.487 e. The quantitative estimate of drug-likeness (QED) is 0.481. The maximum Gasteiger partial charge on any atom is 0.310 e. The van der Waals surface area contributed by atoms with Gasteiger partial charge >= 0.3 is 5.97 Å². The van der Waals surface area contributed by atoms with Gasteiger partial charge in [-0.3, -0.25) is 14.4 Å². The van der Waals surface area contributed by atoms with Crippen molar-refractivity contribution < 1.29 is 28.8 Å². The molecule has 10 heteroatoms. The molecule has 41 heavy (non-hydrogen) atoms. The lowest BCUT2D eigenvalue weighted by molar-refractivity contribution is -0.162. The standard InChI is InChI=1S/C31H38ClN3O6/c1-31(30(38)39)14-5-4-8-21(31)29(37)35-16-13-19-22(32)11-12-26(28(19)24(35)17-34-15-6-10-27(34)36)40-18-23-20-7-2-3-9-25(20)41-33-23/h11-12,21,24H,2-10,13-18H2,1H3,(H,38,39)/t21-,24+,31-/m0/s1. The van der Waals surface area contributed by atoms with Gasteiger partial charge in [-0.1, -0.05) is 29.6 Å². The molecule has 1 aromatic heterocycles. The van der Waals surface area contributed by atoms with Crippen LogP contribution in [0.3, 0.4) is 0 Å². The monoisotopic (exact) mass is 583 g/mol. The van der Waals surface area contributed by atoms with Crippen LogP contribution in [0.1, 0.15) is 92.5 Å². The molecule has 3 atom stereocenters. The summed E-state index contributed by atoms with van der Waals surface area (Å²) in [6.07, 6.45) is 8.41. The normalized spacial score (nSPS) is 26.0. The molecule has 1 saturated heterocycles. The SMILES string of the molecule is C[C@]1(C(=O)O)CCCC[C@H]1C(=O)N1CCc2c(Cl)ccc(OCc3noc4c3CCCC4)c2[C@H]1CN1CCCC1=O. The minimum absolute atomic E-state index is 0.0660. The Bertz CT molecular complexity index is 1360. The van der Waals surface area contributed by atoms with Crippen LogP contribution in [0, 0.1) is 11.3 Å². The van der Waals surface area contributed by atoms with Crippen molar-refractivity contribution in [3.8, 4) is 5.75 Å². The number of hydrogen-bond acceptors (Lipinski definition) is 6. The highest BCUT2D eigenvalue weighted by molar-refractivity contribution is 6.31. The summed E-state index contributed by atoms with van der Waals surface area (Å²) in [5.41, 5.74) is 2.51. The van der Waals surface area contributed by atoms with E-state index in [0.717, 1.165) is 73.1 Å². The lowest BCUT2D eigenvalue weighted by Crippen LogP contribution is -2.52. The number of benzene rings is 1. The summed E-state index contributed by atoms with van der Waals surface area (Å²) < 4.78 is 12.0. The van der Waals surface area contributed by atoms with Crippen molar-refractivity contribution in [3.63, 3.8) is 0 Å². The van der Waals surface area contributed by atoms with E-state index in [1.807, 2.05) is 21.9 Å². The summed E-state index contributed by atoms with van der Waals surface area (Å²) in [5, 5.41) is 15.0. The summed E-state index contributed by atoms with van der Waals surface area (Å²) in [7, 11) is 0. The molecular formula is C31H38ClN3O6. The van der Waals surface area contributed by atoms with Crippen LogP contribution in [0.15, 0.2) is 16.7 Å². The molecule has 1 N–H and O–H groups in total. The number of nitrogens with zero attached hydrogens (tertiary/aromatic N) is 3. The molecule has 6 rings (SSSR count). The molecule has 220 valence electrons. The van der Waals surface area contributed by atoms with Crippen molar-refractivity contribution in [2.45, 2.75) is 90.2 Å². The Balaban J connectivity index is 1.36. The van der Waals surface area contributed by atoms with Crippen LogP contribution in [0.25, 0.3) is 0 Å². The summed E-state index contributed by atoms with van der Waals surface area (Å²) in [6, 6.07) is 3.17. The Morgan fingerprint density at radius 2 is 1.93 bits per heavy atom. The van der Waals surface area contributed by atoms with Crippen molar-refractivity contribution in [2.75, 3.05) is 19.6 Å². The van der Waals surface area contributed by atoms with Gasteiger partial charge in [0.25, 0.3) is 0 Å². The van der Waals surface area contributed by atoms with Crippen LogP contribution in [-0.2, 0) is 40.3 Å². The topological polar surface area (TPSA) is 113 Å². The maximum atomic E-state index is 14.3. The smallest absolute Gasteiger partial charge is 0.310 e. The first-order valence-corrected chi connectivity index (χ1v) is 15.4. The number of carbonyl (C=O) groups is 3. The molecule has 1 aromatic carbocycles. The molecule has 2 amide bonds. The number of aryl methyl sites for hydroxylation is 1. The number of carboxylic acid groups (broad SMARTS) is 1. The van der Waals surface area contributed by atoms with Crippen LogP contribution in [-0.4, -0.2) is 57.5 Å². The lowest BCUT2D eigenvalue weighted by Gasteiger charge is -2.45. The van der Waals surface area contributed by atoms with Crippen LogP contribution in [0.2, 0.25) is 5.02 Å². The van der Waals surface area contributed by atoms with E-state index in [4.69, 9.17) is 20.9 Å². The van der Waals surface area contributed by atoms with Gasteiger partial charge in [0.2, 0.25) is 11.8 Å². The fourth-order valence-corrected chi connectivity index (χ4v) is 7.62. The van der Waals surface area contributed by atoms with Gasteiger partial charge in [0, 0.05) is 48.6 Å². The summed E-state index contributed by atoms with van der Waals surface area (Å²) >= 11 is 6.74. The number of fused-ring (bicyclic) bond motifs is 2. The van der Waals surface area contributed by atoms with Crippen molar-refractivity contribution in [3.05, 3.63) is 45.3 Å². The molecule has 0 spiro atoms. The largest absolute Gasteiger partial charge is 0.487 e. The molecule has 2 aliphatic heterocycles. The molecule has 1 saturated carbocycles. The highest BCUT2D eigenvalue weighted by atomic mass is 35.5. The predicted molar refractivity (Wildman–Crippen MR) is 151 cm³/mol. The number of rotatable bonds is 7. The Labute approximate surface area is 245 Å². The van der Waals surface area contributed by atoms with Gasteiger partial charge in [0.05, 0.1) is 17.4 Å². The molecule has 4 aliphatic rings. The number of aliphatic carboxylic acids is 1. The fraction of sp³-hybridized carbons (Fsp3) is 0.613. The van der Waals surface area contributed by atoms with Gasteiger partial charge in [-0.25, -0.2) is 0 Å². The number of halogens is 1. The molecule has 2 fully saturated rings. The van der Waals surface area contributed by atoms with E-state index in [-0.39, 0.29) is 18.4 Å². The van der Waals surface area contributed by atoms with Gasteiger partial charge in [-0.15, -0.1) is 0 Å². The first kappa shape index (κ1) is 28.1. The zero-order valence-electron chi connectivity index (χ0n) is 23.6. The minimum atomic E-state index is -1.12. The second-order valence-electron chi connectivity index (χ2n) is 12.2. The van der Waals surface area contributed by atoms with Gasteiger partial charge in [0.1, 0.15) is 23.8 Å². The Morgan fingerprint density at radius 3 is 2.71 bits per heavy atom. The van der Waals surface area contributed by atoms with E-state index < -0.39 is 23.3 Å². The Kier molecular flexibility index (Phi) is 7.74. The van der Waals surface area contributed by atoms with Crippen molar-refractivity contribution in [2.24, 2.45) is 11.3 Å². The summed E-state index contributed by atoms with van der Waals surface area (Å²) in [4.78, 5) is 43.1. The first-order chi connectivity index (χ1) is 19.8. The van der Waals surface area contributed by atoms with Crippen LogP contribution in [0.4, 0.5) is 0 Å². The second-order valence-corrected chi connectivity index (χ2v) is 12.6. The molecule has 2 aliphatic carbocycles. The van der Waals surface area contributed by atoms with Gasteiger partial charge < -0.3 is 24.2 Å². The fourth-order valence-electron chi connectivity index (χ4n) is 7.36. The van der Waals surface area contributed by atoms with Crippen molar-refractivity contribution in [1.29, 1.82) is 0 Å². The highest BCUT2D eigenvalue weighted by Crippen LogP contribution is 2.46. The molecule has 9 nitrogen and oxygen atoms in total.